The largest absolute Gasteiger partial charge is 0.389 e. The summed E-state index contributed by atoms with van der Waals surface area (Å²) in [5.74, 6) is 0. The third-order valence-corrected chi connectivity index (χ3v) is 1.45. The van der Waals surface area contributed by atoms with Crippen LogP contribution in [-0.4, -0.2) is 9.67 Å². The summed E-state index contributed by atoms with van der Waals surface area (Å²) in [5.41, 5.74) is 0.505. The number of hydrogen-bond donors (Lipinski definition) is 1. The number of alkyl halides is 2. The number of rotatable bonds is 2. The molecule has 4 heteroatoms. The number of aliphatic hydroxyl groups excluding tert-OH is 1. The van der Waals surface area contributed by atoms with Crippen molar-refractivity contribution in [2.24, 2.45) is 0 Å². The second-order valence-corrected chi connectivity index (χ2v) is 2.35. The van der Waals surface area contributed by atoms with Crippen molar-refractivity contribution >= 4 is 0 Å². The minimum absolute atomic E-state index is 0.505. The Morgan fingerprint density at radius 3 is 2.45 bits per heavy atom. The van der Waals surface area contributed by atoms with Gasteiger partial charge in [0.1, 0.15) is 0 Å². The van der Waals surface area contributed by atoms with Crippen molar-refractivity contribution in [3.8, 4) is 0 Å². The Morgan fingerprint density at radius 2 is 2.18 bits per heavy atom. The van der Waals surface area contributed by atoms with E-state index in [9.17, 15) is 8.78 Å². The summed E-state index contributed by atoms with van der Waals surface area (Å²) in [6.45, 7) is -0.993. The van der Waals surface area contributed by atoms with Gasteiger partial charge >= 0.3 is 6.55 Å². The van der Waals surface area contributed by atoms with Crippen molar-refractivity contribution < 1.29 is 13.9 Å². The Kier molecular flexibility index (Phi) is 2.24. The van der Waals surface area contributed by atoms with E-state index in [2.05, 4.69) is 0 Å². The highest BCUT2D eigenvalue weighted by molar-refractivity contribution is 5.12. The smallest absolute Gasteiger partial charge is 0.318 e. The van der Waals surface area contributed by atoms with Gasteiger partial charge in [0.05, 0.1) is 6.10 Å². The molecule has 62 valence electrons. The van der Waals surface area contributed by atoms with E-state index < -0.39 is 12.7 Å². The number of halogens is 2. The SMILES string of the molecule is CC(O)c1ccn(C(F)F)c1. The van der Waals surface area contributed by atoms with Crippen molar-refractivity contribution in [2.45, 2.75) is 19.6 Å². The maximum Gasteiger partial charge on any atom is 0.318 e. The first-order valence-corrected chi connectivity index (χ1v) is 3.25. The van der Waals surface area contributed by atoms with Crippen LogP contribution >= 0.6 is 0 Å². The van der Waals surface area contributed by atoms with Crippen molar-refractivity contribution in [3.63, 3.8) is 0 Å². The molecule has 0 bridgehead atoms. The molecule has 2 nitrogen and oxygen atoms in total. The van der Waals surface area contributed by atoms with Crippen molar-refractivity contribution in [1.82, 2.24) is 4.57 Å². The Balaban J connectivity index is 2.82. The van der Waals surface area contributed by atoms with E-state index in [1.165, 1.54) is 25.4 Å². The van der Waals surface area contributed by atoms with Gasteiger partial charge in [-0.2, -0.15) is 8.78 Å². The maximum atomic E-state index is 11.9. The molecule has 0 aliphatic rings. The average molecular weight is 161 g/mol. The van der Waals surface area contributed by atoms with Crippen molar-refractivity contribution in [3.05, 3.63) is 24.0 Å². The van der Waals surface area contributed by atoms with Gasteiger partial charge in [-0.05, 0) is 18.6 Å². The molecule has 0 aromatic carbocycles. The predicted octanol–water partition coefficient (Wildman–Crippen LogP) is 1.94. The molecule has 0 saturated carbocycles. The Labute approximate surface area is 63.1 Å². The fraction of sp³-hybridized carbons (Fsp3) is 0.429. The lowest BCUT2D eigenvalue weighted by atomic mass is 10.2. The molecule has 0 aliphatic carbocycles. The highest BCUT2D eigenvalue weighted by Gasteiger charge is 2.07. The highest BCUT2D eigenvalue weighted by atomic mass is 19.3. The molecule has 0 amide bonds. The van der Waals surface area contributed by atoms with E-state index in [-0.39, 0.29) is 0 Å². The molecule has 0 fully saturated rings. The maximum absolute atomic E-state index is 11.9. The number of aromatic nitrogens is 1. The monoisotopic (exact) mass is 161 g/mol. The average Bonchev–Trinajstić information content (AvgIpc) is 2.33. The van der Waals surface area contributed by atoms with Gasteiger partial charge in [-0.1, -0.05) is 0 Å². The molecular weight excluding hydrogens is 152 g/mol. The molecule has 1 N–H and O–H groups in total. The molecular formula is C7H9F2NO. The van der Waals surface area contributed by atoms with Gasteiger partial charge in [0, 0.05) is 12.4 Å². The summed E-state index contributed by atoms with van der Waals surface area (Å²) in [4.78, 5) is 0. The molecule has 0 spiro atoms. The van der Waals surface area contributed by atoms with Gasteiger partial charge < -0.3 is 5.11 Å². The quantitative estimate of drug-likeness (QED) is 0.704. The zero-order valence-electron chi connectivity index (χ0n) is 6.04. The zero-order valence-corrected chi connectivity index (χ0v) is 6.04. The fourth-order valence-electron chi connectivity index (χ4n) is 0.799. The summed E-state index contributed by atoms with van der Waals surface area (Å²) in [7, 11) is 0. The second kappa shape index (κ2) is 3.00. The molecule has 1 aromatic heterocycles. The number of aliphatic hydroxyl groups is 1. The zero-order chi connectivity index (χ0) is 8.43. The molecule has 0 radical (unpaired) electrons. The minimum atomic E-state index is -2.53. The van der Waals surface area contributed by atoms with E-state index >= 15 is 0 Å². The number of nitrogens with zero attached hydrogens (tertiary/aromatic N) is 1. The first-order valence-electron chi connectivity index (χ1n) is 3.25. The van der Waals surface area contributed by atoms with Crippen LogP contribution in [0.15, 0.2) is 18.5 Å². The van der Waals surface area contributed by atoms with Crippen LogP contribution < -0.4 is 0 Å². The van der Waals surface area contributed by atoms with Gasteiger partial charge in [0.15, 0.2) is 0 Å². The van der Waals surface area contributed by atoms with Crippen molar-refractivity contribution in [1.29, 1.82) is 0 Å². The van der Waals surface area contributed by atoms with Crippen LogP contribution in [0.5, 0.6) is 0 Å². The Hall–Kier alpha value is -0.900. The Morgan fingerprint density at radius 1 is 1.55 bits per heavy atom. The normalized spacial score (nSPS) is 13.9. The van der Waals surface area contributed by atoms with E-state index in [1.54, 1.807) is 0 Å². The van der Waals surface area contributed by atoms with Crippen LogP contribution in [0.1, 0.15) is 25.1 Å². The predicted molar refractivity (Wildman–Crippen MR) is 36.3 cm³/mol. The molecule has 0 aliphatic heterocycles. The van der Waals surface area contributed by atoms with Crippen LogP contribution in [-0.2, 0) is 0 Å². The first kappa shape index (κ1) is 8.20. The van der Waals surface area contributed by atoms with Crippen molar-refractivity contribution in [2.75, 3.05) is 0 Å². The number of hydrogen-bond acceptors (Lipinski definition) is 1. The molecule has 1 atom stereocenters. The van der Waals surface area contributed by atoms with Gasteiger partial charge in [0.2, 0.25) is 0 Å². The molecule has 1 heterocycles. The molecule has 1 rings (SSSR count). The topological polar surface area (TPSA) is 25.2 Å². The van der Waals surface area contributed by atoms with E-state index in [1.807, 2.05) is 0 Å². The van der Waals surface area contributed by atoms with Gasteiger partial charge in [-0.25, -0.2) is 0 Å². The third kappa shape index (κ3) is 1.77. The van der Waals surface area contributed by atoms with Crippen LogP contribution in [0, 0.1) is 0 Å². The van der Waals surface area contributed by atoms with E-state index in [0.717, 1.165) is 4.57 Å². The fourth-order valence-corrected chi connectivity index (χ4v) is 0.799. The first-order chi connectivity index (χ1) is 5.11. The Bertz CT molecular complexity index is 210. The van der Waals surface area contributed by atoms with Crippen LogP contribution in [0.4, 0.5) is 8.78 Å². The van der Waals surface area contributed by atoms with Crippen LogP contribution in [0.25, 0.3) is 0 Å². The van der Waals surface area contributed by atoms with Crippen LogP contribution in [0.3, 0.4) is 0 Å². The summed E-state index contributed by atoms with van der Waals surface area (Å²) in [6, 6.07) is 1.47. The standard InChI is InChI=1S/C7H9F2NO/c1-5(11)6-2-3-10(4-6)7(8)9/h2-5,7,11H,1H3. The lowest BCUT2D eigenvalue weighted by Gasteiger charge is -2.00. The molecule has 1 unspecified atom stereocenters. The summed E-state index contributed by atoms with van der Waals surface area (Å²) in [6.07, 6.45) is 1.79. The second-order valence-electron chi connectivity index (χ2n) is 2.35. The lowest BCUT2D eigenvalue weighted by molar-refractivity contribution is 0.0702. The van der Waals surface area contributed by atoms with E-state index in [0.29, 0.717) is 5.56 Å². The molecule has 11 heavy (non-hydrogen) atoms. The third-order valence-electron chi connectivity index (χ3n) is 1.45. The summed E-state index contributed by atoms with van der Waals surface area (Å²) < 4.78 is 24.6. The van der Waals surface area contributed by atoms with Gasteiger partial charge in [0.25, 0.3) is 0 Å². The van der Waals surface area contributed by atoms with Gasteiger partial charge in [-0.3, -0.25) is 4.57 Å². The van der Waals surface area contributed by atoms with Gasteiger partial charge in [-0.15, -0.1) is 0 Å². The summed E-state index contributed by atoms with van der Waals surface area (Å²) in [5, 5.41) is 8.96. The van der Waals surface area contributed by atoms with E-state index in [4.69, 9.17) is 5.11 Å². The molecule has 0 saturated heterocycles. The highest BCUT2D eigenvalue weighted by Crippen LogP contribution is 2.16. The summed E-state index contributed by atoms with van der Waals surface area (Å²) >= 11 is 0. The molecule has 1 aromatic rings. The minimum Gasteiger partial charge on any atom is -0.389 e. The lowest BCUT2D eigenvalue weighted by Crippen LogP contribution is -1.93. The van der Waals surface area contributed by atoms with Crippen LogP contribution in [0.2, 0.25) is 0 Å².